The maximum absolute atomic E-state index is 11.5. The minimum absolute atomic E-state index is 0.00318. The predicted octanol–water partition coefficient (Wildman–Crippen LogP) is 2.68. The van der Waals surface area contributed by atoms with Crippen LogP contribution in [0.5, 0.6) is 0 Å². The molecule has 0 fully saturated rings. The highest BCUT2D eigenvalue weighted by Crippen LogP contribution is 2.21. The van der Waals surface area contributed by atoms with Crippen LogP contribution in [0.1, 0.15) is 47.0 Å². The van der Waals surface area contributed by atoms with Gasteiger partial charge in [-0.05, 0) is 11.8 Å². The number of nitrogens with two attached hydrogens (primary N) is 1. The van der Waals surface area contributed by atoms with Gasteiger partial charge in [0.25, 0.3) is 0 Å². The zero-order chi connectivity index (χ0) is 11.4. The van der Waals surface area contributed by atoms with Crippen molar-refractivity contribution in [1.29, 1.82) is 0 Å². The Morgan fingerprint density at radius 3 is 2.29 bits per heavy atom. The zero-order valence-electron chi connectivity index (χ0n) is 9.89. The van der Waals surface area contributed by atoms with Crippen molar-refractivity contribution in [3.8, 4) is 0 Å². The molecule has 2 N–H and O–H groups in total. The van der Waals surface area contributed by atoms with E-state index < -0.39 is 0 Å². The fourth-order valence-corrected chi connectivity index (χ4v) is 1.03. The van der Waals surface area contributed by atoms with Crippen molar-refractivity contribution in [2.24, 2.45) is 11.1 Å². The second-order valence-corrected chi connectivity index (χ2v) is 5.00. The van der Waals surface area contributed by atoms with E-state index in [-0.39, 0.29) is 17.2 Å². The summed E-state index contributed by atoms with van der Waals surface area (Å²) in [7, 11) is 0. The molecule has 2 heteroatoms. The van der Waals surface area contributed by atoms with Crippen LogP contribution in [-0.4, -0.2) is 11.8 Å². The SMILES string of the molecule is C=C(CC)CC(=O)CC(N)C(C)(C)C. The maximum Gasteiger partial charge on any atom is 0.138 e. The Morgan fingerprint density at radius 1 is 1.43 bits per heavy atom. The third-order valence-electron chi connectivity index (χ3n) is 2.51. The van der Waals surface area contributed by atoms with Crippen LogP contribution in [0.2, 0.25) is 0 Å². The number of allylic oxidation sites excluding steroid dienone is 1. The summed E-state index contributed by atoms with van der Waals surface area (Å²) in [6, 6.07) is -0.0559. The average molecular weight is 197 g/mol. The molecule has 14 heavy (non-hydrogen) atoms. The lowest BCUT2D eigenvalue weighted by molar-refractivity contribution is -0.119. The topological polar surface area (TPSA) is 43.1 Å². The molecule has 0 heterocycles. The average Bonchev–Trinajstić information content (AvgIpc) is 2.02. The summed E-state index contributed by atoms with van der Waals surface area (Å²) in [6.45, 7) is 12.0. The van der Waals surface area contributed by atoms with Gasteiger partial charge in [0.05, 0.1) is 0 Å². The molecule has 0 rings (SSSR count). The number of ketones is 1. The summed E-state index contributed by atoms with van der Waals surface area (Å²) in [6.07, 6.45) is 1.82. The molecule has 0 amide bonds. The molecule has 0 aromatic heterocycles. The van der Waals surface area contributed by atoms with Crippen molar-refractivity contribution in [2.45, 2.75) is 53.0 Å². The van der Waals surface area contributed by atoms with Crippen molar-refractivity contribution < 1.29 is 4.79 Å². The fraction of sp³-hybridized carbons (Fsp3) is 0.750. The summed E-state index contributed by atoms with van der Waals surface area (Å²) < 4.78 is 0. The second kappa shape index (κ2) is 5.30. The highest BCUT2D eigenvalue weighted by atomic mass is 16.1. The molecule has 0 saturated heterocycles. The molecule has 2 nitrogen and oxygen atoms in total. The van der Waals surface area contributed by atoms with Gasteiger partial charge < -0.3 is 5.73 Å². The van der Waals surface area contributed by atoms with Crippen molar-refractivity contribution in [3.63, 3.8) is 0 Å². The number of Topliss-reactive ketones (excluding diaryl/α,β-unsaturated/α-hetero) is 1. The second-order valence-electron chi connectivity index (χ2n) is 5.00. The monoisotopic (exact) mass is 197 g/mol. The van der Waals surface area contributed by atoms with Crippen LogP contribution in [0.25, 0.3) is 0 Å². The molecule has 0 saturated carbocycles. The van der Waals surface area contributed by atoms with Gasteiger partial charge in [0, 0.05) is 18.9 Å². The van der Waals surface area contributed by atoms with E-state index >= 15 is 0 Å². The van der Waals surface area contributed by atoms with Gasteiger partial charge in [0.15, 0.2) is 0 Å². The number of rotatable bonds is 5. The fourth-order valence-electron chi connectivity index (χ4n) is 1.03. The molecule has 0 spiro atoms. The van der Waals surface area contributed by atoms with Crippen LogP contribution in [0.15, 0.2) is 12.2 Å². The first-order chi connectivity index (χ1) is 6.27. The number of carbonyl (C=O) groups is 1. The normalized spacial score (nSPS) is 13.8. The summed E-state index contributed by atoms with van der Waals surface area (Å²) in [5, 5.41) is 0. The van der Waals surface area contributed by atoms with Crippen molar-refractivity contribution >= 4 is 5.78 Å². The molecule has 0 aliphatic rings. The first-order valence-corrected chi connectivity index (χ1v) is 5.21. The van der Waals surface area contributed by atoms with Gasteiger partial charge in [-0.2, -0.15) is 0 Å². The van der Waals surface area contributed by atoms with E-state index in [0.29, 0.717) is 12.8 Å². The Balaban J connectivity index is 4.01. The van der Waals surface area contributed by atoms with Crippen LogP contribution in [0.3, 0.4) is 0 Å². The van der Waals surface area contributed by atoms with E-state index in [2.05, 4.69) is 27.4 Å². The molecule has 1 unspecified atom stereocenters. The quantitative estimate of drug-likeness (QED) is 0.689. The van der Waals surface area contributed by atoms with Crippen LogP contribution >= 0.6 is 0 Å². The Bertz CT molecular complexity index is 213. The Kier molecular flexibility index (Phi) is 5.06. The highest BCUT2D eigenvalue weighted by molar-refractivity contribution is 5.81. The largest absolute Gasteiger partial charge is 0.327 e. The molecular formula is C12H23NO. The third-order valence-corrected chi connectivity index (χ3v) is 2.51. The zero-order valence-corrected chi connectivity index (χ0v) is 9.89. The number of hydrogen-bond donors (Lipinski definition) is 1. The lowest BCUT2D eigenvalue weighted by atomic mass is 9.84. The van der Waals surface area contributed by atoms with Crippen LogP contribution in [-0.2, 0) is 4.79 Å². The Morgan fingerprint density at radius 2 is 1.93 bits per heavy atom. The van der Waals surface area contributed by atoms with E-state index in [4.69, 9.17) is 5.73 Å². The van der Waals surface area contributed by atoms with Crippen molar-refractivity contribution in [2.75, 3.05) is 0 Å². The van der Waals surface area contributed by atoms with Gasteiger partial charge >= 0.3 is 0 Å². The molecule has 0 radical (unpaired) electrons. The molecular weight excluding hydrogens is 174 g/mol. The molecule has 0 aliphatic heterocycles. The lowest BCUT2D eigenvalue weighted by Gasteiger charge is -2.26. The Labute approximate surface area is 87.6 Å². The minimum atomic E-state index is -0.0559. The van der Waals surface area contributed by atoms with Crippen LogP contribution in [0.4, 0.5) is 0 Å². The van der Waals surface area contributed by atoms with Gasteiger partial charge in [-0.3, -0.25) is 4.79 Å². The van der Waals surface area contributed by atoms with Crippen LogP contribution < -0.4 is 5.73 Å². The number of carbonyl (C=O) groups excluding carboxylic acids is 1. The van der Waals surface area contributed by atoms with Crippen LogP contribution in [0, 0.1) is 5.41 Å². The molecule has 82 valence electrons. The van der Waals surface area contributed by atoms with Gasteiger partial charge in [-0.25, -0.2) is 0 Å². The number of hydrogen-bond acceptors (Lipinski definition) is 2. The summed E-state index contributed by atoms with van der Waals surface area (Å²) in [5.74, 6) is 0.208. The van der Waals surface area contributed by atoms with E-state index in [1.165, 1.54) is 0 Å². The van der Waals surface area contributed by atoms with Gasteiger partial charge in [0.2, 0.25) is 0 Å². The minimum Gasteiger partial charge on any atom is -0.327 e. The Hall–Kier alpha value is -0.630. The predicted molar refractivity (Wildman–Crippen MR) is 61.1 cm³/mol. The molecule has 0 aromatic carbocycles. The standard InChI is InChI=1S/C12H23NO/c1-6-9(2)7-10(14)8-11(13)12(3,4)5/h11H,2,6-8,13H2,1,3-5H3. The van der Waals surface area contributed by atoms with Gasteiger partial charge in [-0.1, -0.05) is 39.8 Å². The molecule has 0 bridgehead atoms. The van der Waals surface area contributed by atoms with Gasteiger partial charge in [-0.15, -0.1) is 0 Å². The van der Waals surface area contributed by atoms with E-state index in [1.54, 1.807) is 0 Å². The maximum atomic E-state index is 11.5. The molecule has 0 aromatic rings. The smallest absolute Gasteiger partial charge is 0.138 e. The first-order valence-electron chi connectivity index (χ1n) is 5.21. The lowest BCUT2D eigenvalue weighted by Crippen LogP contribution is -2.36. The van der Waals surface area contributed by atoms with E-state index in [0.717, 1.165) is 12.0 Å². The van der Waals surface area contributed by atoms with E-state index in [1.807, 2.05) is 6.92 Å². The molecule has 1 atom stereocenters. The van der Waals surface area contributed by atoms with Crippen molar-refractivity contribution in [1.82, 2.24) is 0 Å². The summed E-state index contributed by atoms with van der Waals surface area (Å²) in [5.41, 5.74) is 6.92. The van der Waals surface area contributed by atoms with Crippen molar-refractivity contribution in [3.05, 3.63) is 12.2 Å². The van der Waals surface area contributed by atoms with Gasteiger partial charge in [0.1, 0.15) is 5.78 Å². The summed E-state index contributed by atoms with van der Waals surface area (Å²) in [4.78, 5) is 11.5. The first kappa shape index (κ1) is 13.4. The third kappa shape index (κ3) is 5.18. The highest BCUT2D eigenvalue weighted by Gasteiger charge is 2.22. The summed E-state index contributed by atoms with van der Waals surface area (Å²) >= 11 is 0. The van der Waals surface area contributed by atoms with E-state index in [9.17, 15) is 4.79 Å². The molecule has 0 aliphatic carbocycles.